The molecule has 0 saturated heterocycles. The highest BCUT2D eigenvalue weighted by molar-refractivity contribution is 5.66. The molecule has 38 heavy (non-hydrogen) atoms. The minimum Gasteiger partial charge on any atom is -0.403 e. The number of hydrogen-bond acceptors (Lipinski definition) is 1. The highest BCUT2D eigenvalue weighted by atomic mass is 19.4. The molecular formula is C30H23F7O. The third-order valence-corrected chi connectivity index (χ3v) is 6.15. The number of ether oxygens (including phenoxy) is 1. The zero-order valence-corrected chi connectivity index (χ0v) is 20.3. The summed E-state index contributed by atoms with van der Waals surface area (Å²) in [7, 11) is 0. The minimum atomic E-state index is -5.06. The predicted octanol–water partition coefficient (Wildman–Crippen LogP) is 9.21. The van der Waals surface area contributed by atoms with Crippen LogP contribution in [0.1, 0.15) is 30.0 Å². The van der Waals surface area contributed by atoms with Crippen molar-refractivity contribution in [2.75, 3.05) is 0 Å². The first-order chi connectivity index (χ1) is 18.1. The van der Waals surface area contributed by atoms with E-state index in [-0.39, 0.29) is 35.1 Å². The van der Waals surface area contributed by atoms with Crippen molar-refractivity contribution in [3.05, 3.63) is 113 Å². The van der Waals surface area contributed by atoms with Gasteiger partial charge in [0.15, 0.2) is 23.2 Å². The molecule has 0 aliphatic heterocycles. The Labute approximate surface area is 215 Å². The van der Waals surface area contributed by atoms with Crippen molar-refractivity contribution in [3.63, 3.8) is 0 Å². The highest BCUT2D eigenvalue weighted by Gasteiger charge is 2.32. The zero-order chi connectivity index (χ0) is 27.4. The Bertz CT molecular complexity index is 1430. The number of alkyl halides is 3. The molecule has 0 saturated carbocycles. The topological polar surface area (TPSA) is 9.23 Å². The summed E-state index contributed by atoms with van der Waals surface area (Å²) in [5.41, 5.74) is 2.46. The number of halogens is 7. The van der Waals surface area contributed by atoms with E-state index < -0.39 is 35.4 Å². The van der Waals surface area contributed by atoms with Crippen molar-refractivity contribution in [2.24, 2.45) is 0 Å². The van der Waals surface area contributed by atoms with Crippen LogP contribution in [0.3, 0.4) is 0 Å². The Morgan fingerprint density at radius 1 is 0.605 bits per heavy atom. The van der Waals surface area contributed by atoms with Crippen LogP contribution >= 0.6 is 0 Å². The zero-order valence-electron chi connectivity index (χ0n) is 20.3. The van der Waals surface area contributed by atoms with Crippen LogP contribution in [0.15, 0.2) is 72.8 Å². The van der Waals surface area contributed by atoms with E-state index in [0.717, 1.165) is 36.6 Å². The molecule has 0 fully saturated rings. The Balaban J connectivity index is 1.47. The third kappa shape index (κ3) is 6.36. The normalized spacial score (nSPS) is 11.6. The van der Waals surface area contributed by atoms with Gasteiger partial charge in [0.1, 0.15) is 5.82 Å². The maximum atomic E-state index is 14.8. The van der Waals surface area contributed by atoms with E-state index in [9.17, 15) is 30.7 Å². The summed E-state index contributed by atoms with van der Waals surface area (Å²) in [5.74, 6) is -4.96. The van der Waals surface area contributed by atoms with Crippen molar-refractivity contribution in [2.45, 2.75) is 39.0 Å². The van der Waals surface area contributed by atoms with Crippen molar-refractivity contribution in [1.29, 1.82) is 0 Å². The molecule has 4 aromatic carbocycles. The summed E-state index contributed by atoms with van der Waals surface area (Å²) in [4.78, 5) is 0. The smallest absolute Gasteiger partial charge is 0.403 e. The summed E-state index contributed by atoms with van der Waals surface area (Å²) in [6.45, 7) is 2.06. The monoisotopic (exact) mass is 532 g/mol. The molecule has 0 amide bonds. The first kappa shape index (κ1) is 27.2. The van der Waals surface area contributed by atoms with Crippen LogP contribution in [0.2, 0.25) is 0 Å². The fraction of sp³-hybridized carbons (Fsp3) is 0.200. The summed E-state index contributed by atoms with van der Waals surface area (Å²) in [5, 5.41) is 0. The largest absolute Gasteiger partial charge is 0.573 e. The van der Waals surface area contributed by atoms with E-state index in [2.05, 4.69) is 11.7 Å². The lowest BCUT2D eigenvalue weighted by Crippen LogP contribution is -2.17. The second kappa shape index (κ2) is 11.3. The summed E-state index contributed by atoms with van der Waals surface area (Å²) >= 11 is 0. The van der Waals surface area contributed by atoms with Gasteiger partial charge >= 0.3 is 6.36 Å². The van der Waals surface area contributed by atoms with E-state index in [0.29, 0.717) is 11.1 Å². The Morgan fingerprint density at radius 3 is 1.89 bits per heavy atom. The second-order valence-corrected chi connectivity index (χ2v) is 8.85. The van der Waals surface area contributed by atoms with Gasteiger partial charge in [0.05, 0.1) is 0 Å². The fourth-order valence-corrected chi connectivity index (χ4v) is 4.25. The average molecular weight is 532 g/mol. The quantitative estimate of drug-likeness (QED) is 0.206. The number of hydrogen-bond donors (Lipinski definition) is 0. The molecule has 0 unspecified atom stereocenters. The van der Waals surface area contributed by atoms with Gasteiger partial charge in [-0.05, 0) is 65.3 Å². The molecular weight excluding hydrogens is 509 g/mol. The van der Waals surface area contributed by atoms with E-state index in [4.69, 9.17) is 0 Å². The van der Waals surface area contributed by atoms with Crippen LogP contribution < -0.4 is 4.74 Å². The number of aryl methyl sites for hydroxylation is 3. The van der Waals surface area contributed by atoms with Crippen LogP contribution in [0.25, 0.3) is 22.3 Å². The van der Waals surface area contributed by atoms with E-state index >= 15 is 0 Å². The Hall–Kier alpha value is -3.81. The Morgan fingerprint density at radius 2 is 1.26 bits per heavy atom. The molecule has 8 heteroatoms. The van der Waals surface area contributed by atoms with Crippen LogP contribution in [0.4, 0.5) is 30.7 Å². The third-order valence-electron chi connectivity index (χ3n) is 6.15. The van der Waals surface area contributed by atoms with Crippen LogP contribution in [-0.4, -0.2) is 6.36 Å². The molecule has 0 aromatic heterocycles. The van der Waals surface area contributed by atoms with Crippen molar-refractivity contribution in [1.82, 2.24) is 0 Å². The lowest BCUT2D eigenvalue weighted by atomic mass is 9.97. The SMILES string of the molecule is CCCc1ccc(-c2ccc(CCc3ccc(-c4ccc(OC(F)(F)F)c(F)c4)c(F)c3)c(F)c2F)cc1. The van der Waals surface area contributed by atoms with Crippen molar-refractivity contribution >= 4 is 0 Å². The molecule has 0 radical (unpaired) electrons. The molecule has 0 heterocycles. The highest BCUT2D eigenvalue weighted by Crippen LogP contribution is 2.32. The Kier molecular flexibility index (Phi) is 8.09. The number of benzene rings is 4. The van der Waals surface area contributed by atoms with Crippen LogP contribution in [0.5, 0.6) is 5.75 Å². The molecule has 0 N–H and O–H groups in total. The van der Waals surface area contributed by atoms with Crippen LogP contribution in [0, 0.1) is 23.3 Å². The van der Waals surface area contributed by atoms with Crippen LogP contribution in [-0.2, 0) is 19.3 Å². The van der Waals surface area contributed by atoms with Gasteiger partial charge in [-0.2, -0.15) is 0 Å². The second-order valence-electron chi connectivity index (χ2n) is 8.85. The molecule has 0 atom stereocenters. The summed E-state index contributed by atoms with van der Waals surface area (Å²) in [6, 6.07) is 17.0. The molecule has 1 nitrogen and oxygen atoms in total. The summed E-state index contributed by atoms with van der Waals surface area (Å²) < 4.78 is 99.0. The van der Waals surface area contributed by atoms with Gasteiger partial charge < -0.3 is 4.74 Å². The molecule has 4 rings (SSSR count). The van der Waals surface area contributed by atoms with Crippen molar-refractivity contribution in [3.8, 4) is 28.0 Å². The molecule has 4 aromatic rings. The van der Waals surface area contributed by atoms with Gasteiger partial charge in [-0.25, -0.2) is 17.6 Å². The fourth-order valence-electron chi connectivity index (χ4n) is 4.25. The molecule has 0 aliphatic rings. The molecule has 0 bridgehead atoms. The molecule has 198 valence electrons. The predicted molar refractivity (Wildman–Crippen MR) is 132 cm³/mol. The molecule has 0 spiro atoms. The van der Waals surface area contributed by atoms with Gasteiger partial charge in [-0.1, -0.05) is 67.9 Å². The first-order valence-electron chi connectivity index (χ1n) is 12.0. The lowest BCUT2D eigenvalue weighted by molar-refractivity contribution is -0.275. The average Bonchev–Trinajstić information content (AvgIpc) is 2.86. The summed E-state index contributed by atoms with van der Waals surface area (Å²) in [6.07, 6.45) is -2.87. The van der Waals surface area contributed by atoms with Gasteiger partial charge in [-0.15, -0.1) is 13.2 Å². The van der Waals surface area contributed by atoms with E-state index in [1.807, 2.05) is 12.1 Å². The lowest BCUT2D eigenvalue weighted by Gasteiger charge is -2.12. The first-order valence-corrected chi connectivity index (χ1v) is 12.0. The minimum absolute atomic E-state index is 0.0208. The maximum absolute atomic E-state index is 14.8. The van der Waals surface area contributed by atoms with E-state index in [1.165, 1.54) is 30.3 Å². The molecule has 0 aliphatic carbocycles. The van der Waals surface area contributed by atoms with E-state index in [1.54, 1.807) is 12.1 Å². The maximum Gasteiger partial charge on any atom is 0.573 e. The van der Waals surface area contributed by atoms with Gasteiger partial charge in [0, 0.05) is 11.1 Å². The standard InChI is InChI=1S/C30H23F7O/c1-2-3-18-4-8-20(9-5-18)24-14-11-21(28(33)29(24)34)10-6-19-7-13-23(25(31)16-19)22-12-15-27(26(32)17-22)38-30(35,36)37/h4-5,7-9,11-17H,2-3,6,10H2,1H3. The van der Waals surface area contributed by atoms with Gasteiger partial charge in [-0.3, -0.25) is 0 Å². The van der Waals surface area contributed by atoms with Gasteiger partial charge in [0.2, 0.25) is 0 Å². The van der Waals surface area contributed by atoms with Crippen molar-refractivity contribution < 1.29 is 35.5 Å². The number of rotatable bonds is 8. The van der Waals surface area contributed by atoms with Gasteiger partial charge in [0.25, 0.3) is 0 Å².